The van der Waals surface area contributed by atoms with Crippen molar-refractivity contribution >= 4 is 0 Å². The second-order valence-electron chi connectivity index (χ2n) is 17.2. The fourth-order valence-electron chi connectivity index (χ4n) is 8.80. The van der Waals surface area contributed by atoms with Crippen LogP contribution in [0.4, 0.5) is 0 Å². The highest BCUT2D eigenvalue weighted by Crippen LogP contribution is 2.46. The maximum absolute atomic E-state index is 2.37. The van der Waals surface area contributed by atoms with Crippen molar-refractivity contribution < 1.29 is 0 Å². The van der Waals surface area contributed by atoms with E-state index in [1.54, 1.807) is 38.5 Å². The molecule has 0 N–H and O–H groups in total. The lowest BCUT2D eigenvalue weighted by Gasteiger charge is -2.18. The summed E-state index contributed by atoms with van der Waals surface area (Å²) in [6.07, 6.45) is 52.4. The zero-order valence-corrected chi connectivity index (χ0v) is 32.8. The van der Waals surface area contributed by atoms with Gasteiger partial charge in [-0.2, -0.15) is 0 Å². The molecule has 2 aliphatic rings. The van der Waals surface area contributed by atoms with E-state index in [1.165, 1.54) is 193 Å². The molecule has 0 saturated heterocycles. The molecule has 1 nitrogen and oxygen atoms in total. The topological polar surface area (TPSA) is 3.24 Å². The molecule has 4 atom stereocenters. The standard InChI is InChI=1S/C45H89N/c1-5-7-9-11-19-25-34-42-39-44(42)36-27-21-15-13-17-23-31-41(33-29-30-38-46(3)4)32-24-18-14-16-22-28-37-45-40-43(45)35-26-20-12-10-8-6-2/h41-45H,5-40H2,1-4H3. The van der Waals surface area contributed by atoms with E-state index in [2.05, 4.69) is 32.8 Å². The second-order valence-corrected chi connectivity index (χ2v) is 17.2. The molecular weight excluding hydrogens is 555 g/mol. The van der Waals surface area contributed by atoms with E-state index in [4.69, 9.17) is 0 Å². The molecule has 4 unspecified atom stereocenters. The summed E-state index contributed by atoms with van der Waals surface area (Å²) in [5.41, 5.74) is 0. The molecular formula is C45H89N. The first-order chi connectivity index (χ1) is 22.6. The van der Waals surface area contributed by atoms with Gasteiger partial charge in [-0.3, -0.25) is 0 Å². The Balaban J connectivity index is 1.39. The lowest BCUT2D eigenvalue weighted by Crippen LogP contribution is -2.13. The zero-order valence-electron chi connectivity index (χ0n) is 32.8. The van der Waals surface area contributed by atoms with Gasteiger partial charge >= 0.3 is 0 Å². The molecule has 0 radical (unpaired) electrons. The summed E-state index contributed by atoms with van der Waals surface area (Å²) in [6, 6.07) is 0. The van der Waals surface area contributed by atoms with Crippen LogP contribution in [0.25, 0.3) is 0 Å². The summed E-state index contributed by atoms with van der Waals surface area (Å²) >= 11 is 0. The van der Waals surface area contributed by atoms with Gasteiger partial charge in [0.1, 0.15) is 0 Å². The highest BCUT2D eigenvalue weighted by Gasteiger charge is 2.35. The van der Waals surface area contributed by atoms with Gasteiger partial charge < -0.3 is 4.90 Å². The first-order valence-electron chi connectivity index (χ1n) is 22.3. The van der Waals surface area contributed by atoms with E-state index in [1.807, 2.05) is 0 Å². The SMILES string of the molecule is CCCCCCCCC1CC1CCCCCCCCC(CCCCCCCCC1CC1CCCCCCCC)CCCCN(C)C. The van der Waals surface area contributed by atoms with Gasteiger partial charge in [0, 0.05) is 0 Å². The van der Waals surface area contributed by atoms with Crippen LogP contribution in [0.2, 0.25) is 0 Å². The van der Waals surface area contributed by atoms with Gasteiger partial charge in [-0.05, 0) is 69.5 Å². The molecule has 0 aromatic rings. The molecule has 0 aromatic carbocycles. The molecule has 1 heteroatoms. The highest BCUT2D eigenvalue weighted by molar-refractivity contribution is 4.86. The van der Waals surface area contributed by atoms with Crippen molar-refractivity contribution in [3.63, 3.8) is 0 Å². The quantitative estimate of drug-likeness (QED) is 0.0609. The van der Waals surface area contributed by atoms with Crippen molar-refractivity contribution in [3.05, 3.63) is 0 Å². The Labute approximate surface area is 293 Å². The van der Waals surface area contributed by atoms with E-state index < -0.39 is 0 Å². The van der Waals surface area contributed by atoms with Gasteiger partial charge in [-0.15, -0.1) is 0 Å². The van der Waals surface area contributed by atoms with E-state index in [9.17, 15) is 0 Å². The number of hydrogen-bond donors (Lipinski definition) is 0. The number of hydrogen-bond acceptors (Lipinski definition) is 1. The normalized spacial score (nSPS) is 21.3. The minimum atomic E-state index is 1.01. The van der Waals surface area contributed by atoms with Gasteiger partial charge in [0.2, 0.25) is 0 Å². The molecule has 274 valence electrons. The number of nitrogens with zero attached hydrogens (tertiary/aromatic N) is 1. The van der Waals surface area contributed by atoms with Gasteiger partial charge in [-0.25, -0.2) is 0 Å². The van der Waals surface area contributed by atoms with Gasteiger partial charge in [0.15, 0.2) is 0 Å². The molecule has 0 aliphatic heterocycles. The maximum Gasteiger partial charge on any atom is -0.00248 e. The minimum absolute atomic E-state index is 1.01. The van der Waals surface area contributed by atoms with Crippen molar-refractivity contribution in [2.24, 2.45) is 29.6 Å². The lowest BCUT2D eigenvalue weighted by atomic mass is 9.89. The molecule has 0 spiro atoms. The summed E-state index contributed by atoms with van der Waals surface area (Å²) < 4.78 is 0. The Kier molecular flexibility index (Phi) is 27.3. The predicted molar refractivity (Wildman–Crippen MR) is 209 cm³/mol. The fourth-order valence-corrected chi connectivity index (χ4v) is 8.80. The van der Waals surface area contributed by atoms with Gasteiger partial charge in [-0.1, -0.05) is 219 Å². The first kappa shape index (κ1) is 42.1. The monoisotopic (exact) mass is 644 g/mol. The van der Waals surface area contributed by atoms with Crippen LogP contribution in [0.1, 0.15) is 239 Å². The Morgan fingerprint density at radius 2 is 0.652 bits per heavy atom. The molecule has 0 bridgehead atoms. The minimum Gasteiger partial charge on any atom is -0.309 e. The average molecular weight is 644 g/mol. The Morgan fingerprint density at radius 1 is 0.370 bits per heavy atom. The zero-order chi connectivity index (χ0) is 32.9. The largest absolute Gasteiger partial charge is 0.309 e. The third-order valence-electron chi connectivity index (χ3n) is 12.3. The van der Waals surface area contributed by atoms with Crippen LogP contribution in [0.5, 0.6) is 0 Å². The predicted octanol–water partition coefficient (Wildman–Crippen LogP) is 15.3. The van der Waals surface area contributed by atoms with E-state index in [-0.39, 0.29) is 0 Å². The third kappa shape index (κ3) is 25.0. The van der Waals surface area contributed by atoms with E-state index >= 15 is 0 Å². The molecule has 2 fully saturated rings. The summed E-state index contributed by atoms with van der Waals surface area (Å²) in [4.78, 5) is 2.37. The third-order valence-corrected chi connectivity index (χ3v) is 12.3. The van der Waals surface area contributed by atoms with Crippen molar-refractivity contribution in [1.29, 1.82) is 0 Å². The lowest BCUT2D eigenvalue weighted by molar-refractivity contribution is 0.344. The molecule has 2 saturated carbocycles. The van der Waals surface area contributed by atoms with Gasteiger partial charge in [0.05, 0.1) is 0 Å². The molecule has 2 aliphatic carbocycles. The van der Waals surface area contributed by atoms with Crippen LogP contribution >= 0.6 is 0 Å². The number of unbranched alkanes of at least 4 members (excludes halogenated alkanes) is 21. The van der Waals surface area contributed by atoms with Crippen molar-refractivity contribution in [2.75, 3.05) is 20.6 Å². The summed E-state index contributed by atoms with van der Waals surface area (Å²) in [5, 5.41) is 0. The number of rotatable bonds is 37. The van der Waals surface area contributed by atoms with Crippen molar-refractivity contribution in [2.45, 2.75) is 239 Å². The Morgan fingerprint density at radius 3 is 0.978 bits per heavy atom. The maximum atomic E-state index is 2.37. The van der Waals surface area contributed by atoms with E-state index in [0.29, 0.717) is 0 Å². The second kappa shape index (κ2) is 29.8. The summed E-state index contributed by atoms with van der Waals surface area (Å²) in [6.45, 7) is 5.92. The van der Waals surface area contributed by atoms with Crippen LogP contribution in [0.3, 0.4) is 0 Å². The van der Waals surface area contributed by atoms with Crippen LogP contribution in [-0.4, -0.2) is 25.5 Å². The Bertz CT molecular complexity index is 580. The average Bonchev–Trinajstić information content (AvgIpc) is 3.98. The van der Waals surface area contributed by atoms with Crippen LogP contribution in [0.15, 0.2) is 0 Å². The smallest absolute Gasteiger partial charge is 0.00248 e. The molecule has 0 heterocycles. The summed E-state index contributed by atoms with van der Waals surface area (Å²) in [5.74, 6) is 5.51. The summed E-state index contributed by atoms with van der Waals surface area (Å²) in [7, 11) is 4.47. The first-order valence-corrected chi connectivity index (χ1v) is 22.3. The van der Waals surface area contributed by atoms with Crippen molar-refractivity contribution in [3.8, 4) is 0 Å². The molecule has 2 rings (SSSR count). The molecule has 0 amide bonds. The molecule has 0 aromatic heterocycles. The van der Waals surface area contributed by atoms with Gasteiger partial charge in [0.25, 0.3) is 0 Å². The molecule has 46 heavy (non-hydrogen) atoms. The Hall–Kier alpha value is -0.0400. The van der Waals surface area contributed by atoms with Crippen LogP contribution < -0.4 is 0 Å². The van der Waals surface area contributed by atoms with Crippen LogP contribution in [0, 0.1) is 29.6 Å². The fraction of sp³-hybridized carbons (Fsp3) is 1.00. The van der Waals surface area contributed by atoms with Crippen molar-refractivity contribution in [1.82, 2.24) is 4.90 Å². The van der Waals surface area contributed by atoms with E-state index in [0.717, 1.165) is 29.6 Å². The highest BCUT2D eigenvalue weighted by atomic mass is 15.0. The van der Waals surface area contributed by atoms with Crippen LogP contribution in [-0.2, 0) is 0 Å².